The summed E-state index contributed by atoms with van der Waals surface area (Å²) < 4.78 is 10.7. The van der Waals surface area contributed by atoms with Crippen LogP contribution < -0.4 is 0 Å². The molecule has 0 aliphatic carbocycles. The molecular weight excluding hydrogens is 342 g/mol. The van der Waals surface area contributed by atoms with Gasteiger partial charge in [-0.3, -0.25) is 4.90 Å². The summed E-state index contributed by atoms with van der Waals surface area (Å²) in [5.74, 6) is 0.0169. The molecule has 0 radical (unpaired) electrons. The van der Waals surface area contributed by atoms with Gasteiger partial charge >= 0.3 is 12.1 Å². The van der Waals surface area contributed by atoms with Crippen LogP contribution in [0.2, 0.25) is 0 Å². The van der Waals surface area contributed by atoms with E-state index in [1.165, 1.54) is 56.3 Å². The molecule has 0 aromatic rings. The fraction of sp³-hybridized carbons (Fsp3) is 0.909. The smallest absolute Gasteiger partial charge is 0.410 e. The highest BCUT2D eigenvalue weighted by Gasteiger charge is 2.36. The van der Waals surface area contributed by atoms with Gasteiger partial charge in [-0.25, -0.2) is 9.59 Å². The fourth-order valence-electron chi connectivity index (χ4n) is 3.41. The van der Waals surface area contributed by atoms with Crippen LogP contribution in [0.4, 0.5) is 4.79 Å². The lowest BCUT2D eigenvalue weighted by Crippen LogP contribution is -2.42. The third-order valence-corrected chi connectivity index (χ3v) is 5.04. The van der Waals surface area contributed by atoms with Gasteiger partial charge in [-0.2, -0.15) is 0 Å². The molecular formula is C22H41NO4. The van der Waals surface area contributed by atoms with Crippen molar-refractivity contribution in [3.8, 4) is 0 Å². The second kappa shape index (κ2) is 14.8. The topological polar surface area (TPSA) is 55.8 Å². The normalized spacial score (nSPS) is 16.7. The largest absolute Gasteiger partial charge is 0.464 e. The maximum Gasteiger partial charge on any atom is 0.410 e. The number of rotatable bonds is 14. The van der Waals surface area contributed by atoms with Crippen molar-refractivity contribution in [3.63, 3.8) is 0 Å². The van der Waals surface area contributed by atoms with Crippen LogP contribution in [0.3, 0.4) is 0 Å². The van der Waals surface area contributed by atoms with Gasteiger partial charge in [0, 0.05) is 6.54 Å². The van der Waals surface area contributed by atoms with Crippen LogP contribution in [0.5, 0.6) is 0 Å². The molecule has 5 nitrogen and oxygen atoms in total. The summed E-state index contributed by atoms with van der Waals surface area (Å²) in [5, 5.41) is 0. The molecule has 1 fully saturated rings. The van der Waals surface area contributed by atoms with Crippen LogP contribution in [0, 0.1) is 5.92 Å². The zero-order valence-electron chi connectivity index (χ0n) is 17.8. The fourth-order valence-corrected chi connectivity index (χ4v) is 3.41. The Morgan fingerprint density at radius 1 is 0.926 bits per heavy atom. The van der Waals surface area contributed by atoms with Gasteiger partial charge in [0.15, 0.2) is 0 Å². The van der Waals surface area contributed by atoms with E-state index in [2.05, 4.69) is 6.92 Å². The average molecular weight is 384 g/mol. The minimum atomic E-state index is -0.465. The van der Waals surface area contributed by atoms with E-state index in [-0.39, 0.29) is 12.1 Å². The summed E-state index contributed by atoms with van der Waals surface area (Å²) >= 11 is 0. The third-order valence-electron chi connectivity index (χ3n) is 5.04. The van der Waals surface area contributed by atoms with E-state index in [9.17, 15) is 9.59 Å². The number of hydrogen-bond acceptors (Lipinski definition) is 4. The Hall–Kier alpha value is -1.26. The molecule has 1 atom stereocenters. The monoisotopic (exact) mass is 383 g/mol. The number of ether oxygens (including phenoxy) is 2. The predicted octanol–water partition coefficient (Wildman–Crippen LogP) is 5.71. The Bertz CT molecular complexity index is 411. The first-order valence-electron chi connectivity index (χ1n) is 11.2. The summed E-state index contributed by atoms with van der Waals surface area (Å²) in [4.78, 5) is 25.9. The minimum absolute atomic E-state index is 0.273. The molecule has 0 aromatic heterocycles. The summed E-state index contributed by atoms with van der Waals surface area (Å²) in [6.45, 7) is 7.66. The van der Waals surface area contributed by atoms with E-state index < -0.39 is 6.04 Å². The third kappa shape index (κ3) is 10.6. The van der Waals surface area contributed by atoms with Gasteiger partial charge in [0.1, 0.15) is 6.04 Å². The van der Waals surface area contributed by atoms with Crippen molar-refractivity contribution in [1.29, 1.82) is 0 Å². The van der Waals surface area contributed by atoms with Gasteiger partial charge in [-0.1, -0.05) is 78.6 Å². The highest BCUT2D eigenvalue weighted by atomic mass is 16.6. The molecule has 0 spiro atoms. The van der Waals surface area contributed by atoms with Crippen molar-refractivity contribution in [3.05, 3.63) is 0 Å². The van der Waals surface area contributed by atoms with Gasteiger partial charge in [0.2, 0.25) is 0 Å². The predicted molar refractivity (Wildman–Crippen MR) is 109 cm³/mol. The standard InChI is InChI=1S/C22H41NO4/c1-4-5-6-7-8-9-10-11-12-13-17-26-21(24)20-15-14-16-23(20)22(25)27-18-19(2)3/h19-20H,4-18H2,1-3H3/t20-/m0/s1. The first-order chi connectivity index (χ1) is 13.1. The molecule has 1 aliphatic rings. The zero-order chi connectivity index (χ0) is 19.9. The van der Waals surface area contributed by atoms with Crippen LogP contribution in [0.15, 0.2) is 0 Å². The van der Waals surface area contributed by atoms with Crippen molar-refractivity contribution < 1.29 is 19.1 Å². The molecule has 5 heteroatoms. The van der Waals surface area contributed by atoms with E-state index in [4.69, 9.17) is 9.47 Å². The van der Waals surface area contributed by atoms with Gasteiger partial charge in [-0.05, 0) is 25.2 Å². The Morgan fingerprint density at radius 3 is 2.11 bits per heavy atom. The Labute approximate surface area is 166 Å². The van der Waals surface area contributed by atoms with Crippen LogP contribution in [0.25, 0.3) is 0 Å². The molecule has 1 aliphatic heterocycles. The molecule has 1 saturated heterocycles. The molecule has 158 valence electrons. The highest BCUT2D eigenvalue weighted by Crippen LogP contribution is 2.20. The number of carbonyl (C=O) groups excluding carboxylic acids is 2. The van der Waals surface area contributed by atoms with Crippen LogP contribution in [0.1, 0.15) is 97.8 Å². The number of likely N-dealkylation sites (tertiary alicyclic amines) is 1. The summed E-state index contributed by atoms with van der Waals surface area (Å²) in [6.07, 6.45) is 13.7. The number of amides is 1. The molecule has 1 rings (SSSR count). The number of carbonyl (C=O) groups is 2. The minimum Gasteiger partial charge on any atom is -0.464 e. The van der Waals surface area contributed by atoms with Crippen molar-refractivity contribution in [2.24, 2.45) is 5.92 Å². The number of unbranched alkanes of at least 4 members (excludes halogenated alkanes) is 9. The lowest BCUT2D eigenvalue weighted by Gasteiger charge is -2.23. The number of nitrogens with zero attached hydrogens (tertiary/aromatic N) is 1. The SMILES string of the molecule is CCCCCCCCCCCCOC(=O)[C@@H]1CCCN1C(=O)OCC(C)C. The van der Waals surface area contributed by atoms with Crippen molar-refractivity contribution in [2.45, 2.75) is 104 Å². The first-order valence-corrected chi connectivity index (χ1v) is 11.2. The van der Waals surface area contributed by atoms with Gasteiger partial charge in [0.05, 0.1) is 13.2 Å². The average Bonchev–Trinajstić information content (AvgIpc) is 3.14. The van der Waals surface area contributed by atoms with E-state index >= 15 is 0 Å². The van der Waals surface area contributed by atoms with Crippen molar-refractivity contribution >= 4 is 12.1 Å². The lowest BCUT2D eigenvalue weighted by atomic mass is 10.1. The number of esters is 1. The molecule has 0 saturated carbocycles. The van der Waals surface area contributed by atoms with Crippen molar-refractivity contribution in [1.82, 2.24) is 4.90 Å². The summed E-state index contributed by atoms with van der Waals surface area (Å²) in [6, 6.07) is -0.465. The van der Waals surface area contributed by atoms with E-state index in [0.29, 0.717) is 32.1 Å². The molecule has 1 amide bonds. The lowest BCUT2D eigenvalue weighted by molar-refractivity contribution is -0.148. The highest BCUT2D eigenvalue weighted by molar-refractivity contribution is 5.82. The molecule has 0 bridgehead atoms. The van der Waals surface area contributed by atoms with E-state index in [1.54, 1.807) is 0 Å². The maximum absolute atomic E-state index is 12.3. The van der Waals surface area contributed by atoms with Gasteiger partial charge in [0.25, 0.3) is 0 Å². The summed E-state index contributed by atoms with van der Waals surface area (Å²) in [5.41, 5.74) is 0. The van der Waals surface area contributed by atoms with E-state index in [1.807, 2.05) is 13.8 Å². The summed E-state index contributed by atoms with van der Waals surface area (Å²) in [7, 11) is 0. The Kier molecular flexibility index (Phi) is 13.0. The second-order valence-electron chi connectivity index (χ2n) is 8.17. The first kappa shape index (κ1) is 23.8. The van der Waals surface area contributed by atoms with E-state index in [0.717, 1.165) is 19.3 Å². The number of hydrogen-bond donors (Lipinski definition) is 0. The van der Waals surface area contributed by atoms with Crippen molar-refractivity contribution in [2.75, 3.05) is 19.8 Å². The van der Waals surface area contributed by atoms with Gasteiger partial charge in [-0.15, -0.1) is 0 Å². The van der Waals surface area contributed by atoms with Gasteiger partial charge < -0.3 is 9.47 Å². The molecule has 0 aromatic carbocycles. The molecule has 27 heavy (non-hydrogen) atoms. The maximum atomic E-state index is 12.3. The zero-order valence-corrected chi connectivity index (χ0v) is 17.8. The molecule has 1 heterocycles. The second-order valence-corrected chi connectivity index (χ2v) is 8.17. The molecule has 0 unspecified atom stereocenters. The Morgan fingerprint density at radius 2 is 1.52 bits per heavy atom. The molecule has 0 N–H and O–H groups in total. The Balaban J connectivity index is 2.07. The quantitative estimate of drug-likeness (QED) is 0.285. The van der Waals surface area contributed by atoms with Crippen LogP contribution >= 0.6 is 0 Å². The van der Waals surface area contributed by atoms with Crippen LogP contribution in [-0.4, -0.2) is 42.8 Å². The van der Waals surface area contributed by atoms with Crippen LogP contribution in [-0.2, 0) is 14.3 Å².